The lowest BCUT2D eigenvalue weighted by Gasteiger charge is -2.43. The number of nitrogens with zero attached hydrogens (tertiary/aromatic N) is 1. The summed E-state index contributed by atoms with van der Waals surface area (Å²) in [5.41, 5.74) is 0.167. The molecule has 0 saturated carbocycles. The smallest absolute Gasteiger partial charge is 0.334 e. The van der Waals surface area contributed by atoms with Gasteiger partial charge in [-0.15, -0.1) is 6.58 Å². The van der Waals surface area contributed by atoms with Crippen LogP contribution in [-0.4, -0.2) is 34.1 Å². The highest BCUT2D eigenvalue weighted by atomic mass is 16.4. The average Bonchev–Trinajstić information content (AvgIpc) is 2.84. The van der Waals surface area contributed by atoms with Gasteiger partial charge in [-0.3, -0.25) is 4.79 Å². The van der Waals surface area contributed by atoms with Crippen molar-refractivity contribution in [2.75, 3.05) is 7.05 Å². The molecule has 2 N–H and O–H groups in total. The second kappa shape index (κ2) is 9.00. The second-order valence-electron chi connectivity index (χ2n) is 8.92. The quantitative estimate of drug-likeness (QED) is 0.459. The van der Waals surface area contributed by atoms with E-state index in [4.69, 9.17) is 4.42 Å². The molecule has 0 amide bonds. The lowest BCUT2D eigenvalue weighted by molar-refractivity contribution is -0.134. The topological polar surface area (TPSA) is 108 Å². The molecule has 36 heavy (non-hydrogen) atoms. The largest absolute Gasteiger partial charge is 0.478 e. The van der Waals surface area contributed by atoms with E-state index in [2.05, 4.69) is 6.58 Å². The zero-order chi connectivity index (χ0) is 26.4. The molecule has 1 aliphatic heterocycles. The molecule has 7 heteroatoms. The van der Waals surface area contributed by atoms with E-state index < -0.39 is 17.4 Å². The number of carboxylic acids is 2. The fourth-order valence-corrected chi connectivity index (χ4v) is 5.31. The number of aliphatic carboxylic acids is 2. The van der Waals surface area contributed by atoms with Crippen molar-refractivity contribution in [3.05, 3.63) is 105 Å². The van der Waals surface area contributed by atoms with Gasteiger partial charge in [0.2, 0.25) is 0 Å². The molecule has 0 atom stereocenters. The number of rotatable bonds is 6. The van der Waals surface area contributed by atoms with Crippen molar-refractivity contribution < 1.29 is 24.2 Å². The highest BCUT2D eigenvalue weighted by Crippen LogP contribution is 2.51. The Balaban J connectivity index is 2.25. The molecule has 0 fully saturated rings. The van der Waals surface area contributed by atoms with E-state index in [0.29, 0.717) is 28.3 Å². The van der Waals surface area contributed by atoms with Crippen LogP contribution in [0.5, 0.6) is 0 Å². The number of para-hydroxylation sites is 1. The van der Waals surface area contributed by atoms with Crippen molar-refractivity contribution in [3.63, 3.8) is 0 Å². The summed E-state index contributed by atoms with van der Waals surface area (Å²) < 4.78 is 6.39. The van der Waals surface area contributed by atoms with E-state index in [1.54, 1.807) is 50.9 Å². The third-order valence-electron chi connectivity index (χ3n) is 7.10. The second-order valence-corrected chi connectivity index (χ2v) is 8.92. The van der Waals surface area contributed by atoms with Crippen LogP contribution in [0.1, 0.15) is 31.4 Å². The Kier molecular flexibility index (Phi) is 6.18. The van der Waals surface area contributed by atoms with Crippen molar-refractivity contribution >= 4 is 22.9 Å². The maximum Gasteiger partial charge on any atom is 0.334 e. The number of hydrogen-bond acceptors (Lipinski definition) is 5. The summed E-state index contributed by atoms with van der Waals surface area (Å²) in [5.74, 6) is -2.18. The average molecular weight is 486 g/mol. The molecule has 1 aliphatic rings. The summed E-state index contributed by atoms with van der Waals surface area (Å²) in [6, 6.07) is 14.0. The maximum absolute atomic E-state index is 13.5. The van der Waals surface area contributed by atoms with Crippen LogP contribution in [0.2, 0.25) is 0 Å². The van der Waals surface area contributed by atoms with Crippen LogP contribution in [0.4, 0.5) is 0 Å². The number of carbonyl (C=O) groups is 2. The molecule has 0 spiro atoms. The Morgan fingerprint density at radius 3 is 2.08 bits per heavy atom. The molecule has 3 aromatic rings. The van der Waals surface area contributed by atoms with Crippen LogP contribution in [0.25, 0.3) is 22.3 Å². The standard InChI is InChI=1S/C29H27NO6/c1-6-15-29(22(27(32)33)17(3)30(5)18(4)23(29)28(34)35)21-14-10-13-20-24(31)16(2)25(36-26(20)21)19-11-8-7-9-12-19/h6-14H,1,15H2,2-5H3,(H,32,33)(H,34,35). The van der Waals surface area contributed by atoms with E-state index in [1.807, 2.05) is 30.3 Å². The van der Waals surface area contributed by atoms with Crippen molar-refractivity contribution in [3.8, 4) is 11.3 Å². The predicted octanol–water partition coefficient (Wildman–Crippen LogP) is 5.24. The number of carboxylic acid groups (broad SMARTS) is 2. The molecule has 1 aromatic heterocycles. The highest BCUT2D eigenvalue weighted by molar-refractivity contribution is 6.02. The molecule has 4 rings (SSSR count). The van der Waals surface area contributed by atoms with Crippen LogP contribution in [0.3, 0.4) is 0 Å². The van der Waals surface area contributed by atoms with Crippen molar-refractivity contribution in [2.24, 2.45) is 0 Å². The summed E-state index contributed by atoms with van der Waals surface area (Å²) in [6.07, 6.45) is 1.47. The Morgan fingerprint density at radius 2 is 1.56 bits per heavy atom. The van der Waals surface area contributed by atoms with Crippen LogP contribution in [0, 0.1) is 6.92 Å². The SMILES string of the molecule is C=CCC1(c2cccc3c(=O)c(C)c(-c4ccccc4)oc23)C(C(=O)O)=C(C)N(C)C(C)=C1C(=O)O. The van der Waals surface area contributed by atoms with E-state index in [0.717, 1.165) is 0 Å². The van der Waals surface area contributed by atoms with Crippen molar-refractivity contribution in [1.82, 2.24) is 4.90 Å². The van der Waals surface area contributed by atoms with E-state index in [9.17, 15) is 24.6 Å². The third kappa shape index (κ3) is 3.47. The van der Waals surface area contributed by atoms with Gasteiger partial charge in [-0.25, -0.2) is 9.59 Å². The third-order valence-corrected chi connectivity index (χ3v) is 7.10. The Hall–Kier alpha value is -4.39. The Morgan fingerprint density at radius 1 is 0.972 bits per heavy atom. The molecule has 0 radical (unpaired) electrons. The number of allylic oxidation sites excluding steroid dienone is 3. The van der Waals surface area contributed by atoms with Crippen LogP contribution >= 0.6 is 0 Å². The molecule has 0 bridgehead atoms. The van der Waals surface area contributed by atoms with E-state index in [1.165, 1.54) is 6.08 Å². The summed E-state index contributed by atoms with van der Waals surface area (Å²) in [5, 5.41) is 21.1. The summed E-state index contributed by atoms with van der Waals surface area (Å²) in [4.78, 5) is 40.6. The minimum absolute atomic E-state index is 0.0316. The molecule has 0 unspecified atom stereocenters. The Bertz CT molecular complexity index is 1500. The van der Waals surface area contributed by atoms with Gasteiger partial charge in [-0.1, -0.05) is 48.5 Å². The van der Waals surface area contributed by atoms with E-state index >= 15 is 0 Å². The number of fused-ring (bicyclic) bond motifs is 1. The van der Waals surface area contributed by atoms with Gasteiger partial charge in [0.05, 0.1) is 21.9 Å². The first-order chi connectivity index (χ1) is 17.1. The minimum atomic E-state index is -1.65. The fourth-order valence-electron chi connectivity index (χ4n) is 5.31. The minimum Gasteiger partial charge on any atom is -0.478 e. The molecular formula is C29H27NO6. The molecule has 7 nitrogen and oxygen atoms in total. The van der Waals surface area contributed by atoms with Gasteiger partial charge in [0.15, 0.2) is 5.43 Å². The lowest BCUT2D eigenvalue weighted by Crippen LogP contribution is -2.45. The monoisotopic (exact) mass is 485 g/mol. The first-order valence-electron chi connectivity index (χ1n) is 11.4. The van der Waals surface area contributed by atoms with E-state index in [-0.39, 0.29) is 39.5 Å². The summed E-state index contributed by atoms with van der Waals surface area (Å²) in [7, 11) is 1.63. The van der Waals surface area contributed by atoms with Crippen molar-refractivity contribution in [1.29, 1.82) is 0 Å². The lowest BCUT2D eigenvalue weighted by atomic mass is 9.63. The van der Waals surface area contributed by atoms with Gasteiger partial charge in [0.1, 0.15) is 11.3 Å². The predicted molar refractivity (Wildman–Crippen MR) is 138 cm³/mol. The molecule has 0 aliphatic carbocycles. The van der Waals surface area contributed by atoms with Crippen molar-refractivity contribution in [2.45, 2.75) is 32.6 Å². The van der Waals surface area contributed by atoms with Crippen LogP contribution in [-0.2, 0) is 15.0 Å². The molecule has 2 heterocycles. The molecule has 0 saturated heterocycles. The fraction of sp³-hybridized carbons (Fsp3) is 0.207. The molecule has 2 aromatic carbocycles. The van der Waals surface area contributed by atoms with Gasteiger partial charge >= 0.3 is 11.9 Å². The number of benzene rings is 2. The van der Waals surface area contributed by atoms with Crippen LogP contribution in [0.15, 0.2) is 92.9 Å². The normalized spacial score (nSPS) is 15.4. The van der Waals surface area contributed by atoms with Gasteiger partial charge in [0, 0.05) is 35.1 Å². The first-order valence-corrected chi connectivity index (χ1v) is 11.4. The Labute approximate surface area is 208 Å². The van der Waals surface area contributed by atoms with Gasteiger partial charge in [-0.2, -0.15) is 0 Å². The first kappa shape index (κ1) is 24.7. The van der Waals surface area contributed by atoms with Gasteiger partial charge in [0.25, 0.3) is 0 Å². The number of hydrogen-bond donors (Lipinski definition) is 2. The van der Waals surface area contributed by atoms with Gasteiger partial charge in [-0.05, 0) is 33.3 Å². The zero-order valence-electron chi connectivity index (χ0n) is 20.6. The zero-order valence-corrected chi connectivity index (χ0v) is 20.6. The summed E-state index contributed by atoms with van der Waals surface area (Å²) >= 11 is 0. The molecule has 184 valence electrons. The van der Waals surface area contributed by atoms with Crippen LogP contribution < -0.4 is 5.43 Å². The maximum atomic E-state index is 13.5. The van der Waals surface area contributed by atoms with Gasteiger partial charge < -0.3 is 19.5 Å². The summed E-state index contributed by atoms with van der Waals surface area (Å²) in [6.45, 7) is 8.78. The molecular weight excluding hydrogens is 458 g/mol. The highest BCUT2D eigenvalue weighted by Gasteiger charge is 2.52.